The molecule has 1 fully saturated rings. The zero-order valence-electron chi connectivity index (χ0n) is 14.7. The van der Waals surface area contributed by atoms with Crippen LogP contribution < -0.4 is 4.72 Å². The first-order valence-electron chi connectivity index (χ1n) is 8.20. The van der Waals surface area contributed by atoms with E-state index < -0.39 is 22.0 Å². The van der Waals surface area contributed by atoms with Crippen LogP contribution in [0.3, 0.4) is 0 Å². The topological polar surface area (TPSA) is 94.6 Å². The van der Waals surface area contributed by atoms with E-state index in [4.69, 9.17) is 9.15 Å². The van der Waals surface area contributed by atoms with E-state index in [9.17, 15) is 21.6 Å². The molecule has 150 valence electrons. The Bertz CT molecular complexity index is 913. The van der Waals surface area contributed by atoms with Gasteiger partial charge < -0.3 is 13.7 Å². The molecule has 3 rings (SSSR count). The number of ether oxygens (including phenoxy) is 1. The SMILES string of the molecule is COCC1(CNS(=O)(=O)c2cc(-c3cc(C(F)(F)F)on3)oc2C)CCC1. The fourth-order valence-electron chi connectivity index (χ4n) is 3.06. The van der Waals surface area contributed by atoms with Gasteiger partial charge in [-0.1, -0.05) is 11.6 Å². The Balaban J connectivity index is 1.80. The summed E-state index contributed by atoms with van der Waals surface area (Å²) in [4.78, 5) is -0.152. The predicted molar refractivity (Wildman–Crippen MR) is 87.3 cm³/mol. The largest absolute Gasteiger partial charge is 0.458 e. The van der Waals surface area contributed by atoms with Crippen LogP contribution in [0, 0.1) is 12.3 Å². The lowest BCUT2D eigenvalue weighted by Gasteiger charge is -2.41. The summed E-state index contributed by atoms with van der Waals surface area (Å²) in [5, 5.41) is 3.30. The molecule has 2 heterocycles. The summed E-state index contributed by atoms with van der Waals surface area (Å²) in [6, 6.07) is 1.80. The first-order valence-corrected chi connectivity index (χ1v) is 9.68. The Hall–Kier alpha value is -1.85. The number of halogens is 3. The van der Waals surface area contributed by atoms with Crippen molar-refractivity contribution in [1.82, 2.24) is 9.88 Å². The van der Waals surface area contributed by atoms with Crippen molar-refractivity contribution < 1.29 is 35.3 Å². The van der Waals surface area contributed by atoms with E-state index >= 15 is 0 Å². The van der Waals surface area contributed by atoms with Crippen molar-refractivity contribution in [3.8, 4) is 11.5 Å². The molecule has 0 spiro atoms. The molecule has 7 nitrogen and oxygen atoms in total. The van der Waals surface area contributed by atoms with E-state index in [0.29, 0.717) is 12.7 Å². The molecule has 0 radical (unpaired) electrons. The van der Waals surface area contributed by atoms with E-state index in [0.717, 1.165) is 25.3 Å². The lowest BCUT2D eigenvalue weighted by Crippen LogP contribution is -2.45. The maximum Gasteiger partial charge on any atom is 0.452 e. The summed E-state index contributed by atoms with van der Waals surface area (Å²) < 4.78 is 80.4. The van der Waals surface area contributed by atoms with Crippen LogP contribution in [0.5, 0.6) is 0 Å². The molecule has 0 aliphatic heterocycles. The average Bonchev–Trinajstić information content (AvgIpc) is 3.16. The molecule has 0 unspecified atom stereocenters. The Morgan fingerprint density at radius 2 is 2.04 bits per heavy atom. The van der Waals surface area contributed by atoms with Gasteiger partial charge in [-0.3, -0.25) is 0 Å². The third-order valence-electron chi connectivity index (χ3n) is 4.71. The molecule has 0 atom stereocenters. The lowest BCUT2D eigenvalue weighted by molar-refractivity contribution is -0.155. The van der Waals surface area contributed by atoms with E-state index in [1.54, 1.807) is 7.11 Å². The maximum absolute atomic E-state index is 12.6. The quantitative estimate of drug-likeness (QED) is 0.755. The van der Waals surface area contributed by atoms with Crippen molar-refractivity contribution >= 4 is 10.0 Å². The third-order valence-corrected chi connectivity index (χ3v) is 6.21. The molecule has 1 N–H and O–H groups in total. The van der Waals surface area contributed by atoms with Gasteiger partial charge in [0.05, 0.1) is 6.61 Å². The lowest BCUT2D eigenvalue weighted by atomic mass is 9.69. The Morgan fingerprint density at radius 3 is 2.56 bits per heavy atom. The summed E-state index contributed by atoms with van der Waals surface area (Å²) in [7, 11) is -2.34. The third kappa shape index (κ3) is 4.04. The second-order valence-electron chi connectivity index (χ2n) is 6.72. The summed E-state index contributed by atoms with van der Waals surface area (Å²) in [6.45, 7) is 2.08. The van der Waals surface area contributed by atoms with Crippen molar-refractivity contribution in [3.63, 3.8) is 0 Å². The smallest absolute Gasteiger partial charge is 0.452 e. The highest BCUT2D eigenvalue weighted by Gasteiger charge is 2.39. The van der Waals surface area contributed by atoms with Crippen molar-refractivity contribution in [2.45, 2.75) is 37.3 Å². The number of rotatable bonds is 7. The van der Waals surface area contributed by atoms with Crippen molar-refractivity contribution in [2.24, 2.45) is 5.41 Å². The predicted octanol–water partition coefficient (Wildman–Crippen LogP) is 3.36. The average molecular weight is 408 g/mol. The van der Waals surface area contributed by atoms with Gasteiger partial charge in [0, 0.05) is 31.2 Å². The van der Waals surface area contributed by atoms with Gasteiger partial charge in [0.1, 0.15) is 16.3 Å². The molecular weight excluding hydrogens is 389 g/mol. The summed E-state index contributed by atoms with van der Waals surface area (Å²) >= 11 is 0. The van der Waals surface area contributed by atoms with Crippen molar-refractivity contribution in [1.29, 1.82) is 0 Å². The molecule has 0 amide bonds. The monoisotopic (exact) mass is 408 g/mol. The molecule has 2 aromatic heterocycles. The van der Waals surface area contributed by atoms with Crippen molar-refractivity contribution in [3.05, 3.63) is 23.7 Å². The molecule has 2 aromatic rings. The number of sulfonamides is 1. The fraction of sp³-hybridized carbons (Fsp3) is 0.562. The number of aryl methyl sites for hydroxylation is 1. The minimum Gasteiger partial charge on any atom is -0.458 e. The van der Waals surface area contributed by atoms with Gasteiger partial charge in [0.2, 0.25) is 15.8 Å². The molecule has 1 aliphatic carbocycles. The molecule has 0 aromatic carbocycles. The molecule has 1 aliphatic rings. The number of alkyl halides is 3. The molecule has 1 saturated carbocycles. The number of nitrogens with one attached hydrogen (secondary N) is 1. The number of aromatic nitrogens is 1. The van der Waals surface area contributed by atoms with Gasteiger partial charge in [0.15, 0.2) is 5.76 Å². The van der Waals surface area contributed by atoms with Gasteiger partial charge in [-0.05, 0) is 19.8 Å². The Kier molecular flexibility index (Phi) is 5.12. The summed E-state index contributed by atoms with van der Waals surface area (Å²) in [5.74, 6) is -1.37. The van der Waals surface area contributed by atoms with Crippen LogP contribution in [0.2, 0.25) is 0 Å². The molecule has 27 heavy (non-hydrogen) atoms. The zero-order chi connectivity index (χ0) is 19.9. The summed E-state index contributed by atoms with van der Waals surface area (Å²) in [6.07, 6.45) is -1.97. The van der Waals surface area contributed by atoms with Crippen LogP contribution in [0.15, 0.2) is 26.0 Å². The molecular formula is C16H19F3N2O5S. The Morgan fingerprint density at radius 1 is 1.33 bits per heavy atom. The standard InChI is InChI=1S/C16H19F3N2O5S/c1-10-13(27(22,23)20-8-15(9-24-2)4-3-5-15)7-12(25-10)11-6-14(26-21-11)16(17,18)19/h6-7,20H,3-5,8-9H2,1-2H3. The second-order valence-corrected chi connectivity index (χ2v) is 8.45. The zero-order valence-corrected chi connectivity index (χ0v) is 15.5. The number of hydrogen-bond donors (Lipinski definition) is 1. The minimum absolute atomic E-state index is 0.0449. The first kappa shape index (κ1) is 19.9. The van der Waals surface area contributed by atoms with Crippen LogP contribution in [0.25, 0.3) is 11.5 Å². The highest BCUT2D eigenvalue weighted by atomic mass is 32.2. The van der Waals surface area contributed by atoms with Gasteiger partial charge in [-0.15, -0.1) is 0 Å². The van der Waals surface area contributed by atoms with E-state index in [1.165, 1.54) is 6.92 Å². The highest BCUT2D eigenvalue weighted by molar-refractivity contribution is 7.89. The maximum atomic E-state index is 12.6. The highest BCUT2D eigenvalue weighted by Crippen LogP contribution is 2.41. The van der Waals surface area contributed by atoms with Gasteiger partial charge in [-0.25, -0.2) is 13.1 Å². The normalized spacial score (nSPS) is 17.1. The molecule has 11 heteroatoms. The van der Waals surface area contributed by atoms with Gasteiger partial charge in [0.25, 0.3) is 0 Å². The number of methoxy groups -OCH3 is 1. The van der Waals surface area contributed by atoms with E-state index in [2.05, 4.69) is 14.4 Å². The van der Waals surface area contributed by atoms with E-state index in [1.807, 2.05) is 0 Å². The van der Waals surface area contributed by atoms with Crippen LogP contribution in [-0.4, -0.2) is 33.8 Å². The number of hydrogen-bond acceptors (Lipinski definition) is 6. The minimum atomic E-state index is -4.69. The number of nitrogens with zero attached hydrogens (tertiary/aromatic N) is 1. The van der Waals surface area contributed by atoms with Crippen LogP contribution in [0.1, 0.15) is 30.8 Å². The molecule has 0 bridgehead atoms. The summed E-state index contributed by atoms with van der Waals surface area (Å²) in [5.41, 5.74) is -0.461. The first-order chi connectivity index (χ1) is 12.6. The number of furan rings is 1. The van der Waals surface area contributed by atoms with Gasteiger partial charge >= 0.3 is 6.18 Å². The molecule has 0 saturated heterocycles. The van der Waals surface area contributed by atoms with E-state index in [-0.39, 0.29) is 34.1 Å². The van der Waals surface area contributed by atoms with Crippen LogP contribution in [-0.2, 0) is 20.9 Å². The van der Waals surface area contributed by atoms with Crippen LogP contribution in [0.4, 0.5) is 13.2 Å². The fourth-order valence-corrected chi connectivity index (χ4v) is 4.40. The van der Waals surface area contributed by atoms with Gasteiger partial charge in [-0.2, -0.15) is 13.2 Å². The second kappa shape index (κ2) is 6.95. The van der Waals surface area contributed by atoms with Crippen molar-refractivity contribution in [2.75, 3.05) is 20.3 Å². The Labute approximate surface area is 153 Å². The van der Waals surface area contributed by atoms with Crippen LogP contribution >= 0.6 is 0 Å².